The lowest BCUT2D eigenvalue weighted by molar-refractivity contribution is -0.139. The maximum Gasteiger partial charge on any atom is 0.133 e. The molecule has 1 aliphatic heterocycles. The molecular weight excluding hydrogens is 138 g/mol. The van der Waals surface area contributed by atoms with Crippen LogP contribution in [0.1, 0.15) is 0 Å². The topological polar surface area (TPSA) is 93.0 Å². The maximum atomic E-state index is 8.92. The molecule has 5 N–H and O–H groups in total. The molecule has 60 valence electrons. The maximum absolute atomic E-state index is 8.92. The van der Waals surface area contributed by atoms with Crippen molar-refractivity contribution in [2.24, 2.45) is 0 Å². The molecule has 0 bridgehead atoms. The molecule has 0 spiro atoms. The SMILES string of the molecule is O[C@H]1[C@H](O)[C@@H](O)NC[C@H]1O. The highest BCUT2D eigenvalue weighted by molar-refractivity contribution is 4.86. The Kier molecular flexibility index (Phi) is 2.22. The smallest absolute Gasteiger partial charge is 0.133 e. The van der Waals surface area contributed by atoms with Gasteiger partial charge in [0.05, 0.1) is 6.10 Å². The van der Waals surface area contributed by atoms with Crippen LogP contribution in [-0.2, 0) is 0 Å². The van der Waals surface area contributed by atoms with Gasteiger partial charge in [0, 0.05) is 6.54 Å². The molecule has 0 aromatic carbocycles. The van der Waals surface area contributed by atoms with Gasteiger partial charge in [0.1, 0.15) is 18.4 Å². The number of aliphatic hydroxyl groups is 4. The summed E-state index contributed by atoms with van der Waals surface area (Å²) >= 11 is 0. The van der Waals surface area contributed by atoms with Crippen LogP contribution in [0.4, 0.5) is 0 Å². The Morgan fingerprint density at radius 1 is 1.00 bits per heavy atom. The van der Waals surface area contributed by atoms with E-state index in [0.717, 1.165) is 0 Å². The fraction of sp³-hybridized carbons (Fsp3) is 1.00. The zero-order valence-corrected chi connectivity index (χ0v) is 5.31. The van der Waals surface area contributed by atoms with Gasteiger partial charge in [-0.3, -0.25) is 5.32 Å². The Labute approximate surface area is 57.9 Å². The van der Waals surface area contributed by atoms with E-state index in [1.165, 1.54) is 0 Å². The molecule has 4 atom stereocenters. The first-order valence-corrected chi connectivity index (χ1v) is 3.08. The first-order chi connectivity index (χ1) is 4.63. The van der Waals surface area contributed by atoms with Crippen molar-refractivity contribution in [1.82, 2.24) is 5.32 Å². The van der Waals surface area contributed by atoms with Gasteiger partial charge in [-0.2, -0.15) is 0 Å². The molecule has 0 radical (unpaired) electrons. The van der Waals surface area contributed by atoms with Gasteiger partial charge >= 0.3 is 0 Å². The van der Waals surface area contributed by atoms with Crippen LogP contribution in [0.25, 0.3) is 0 Å². The molecule has 0 saturated carbocycles. The average Bonchev–Trinajstić information content (AvgIpc) is 1.93. The predicted molar refractivity (Wildman–Crippen MR) is 32.0 cm³/mol. The van der Waals surface area contributed by atoms with Gasteiger partial charge in [0.25, 0.3) is 0 Å². The van der Waals surface area contributed by atoms with Crippen molar-refractivity contribution in [3.8, 4) is 0 Å². The first kappa shape index (κ1) is 7.90. The van der Waals surface area contributed by atoms with Gasteiger partial charge in [-0.15, -0.1) is 0 Å². The van der Waals surface area contributed by atoms with Crippen molar-refractivity contribution in [2.75, 3.05) is 6.54 Å². The standard InChI is InChI=1S/C5H11NO4/c7-2-1-6-5(10)4(9)3(2)8/h2-10H,1H2/t2-,3-,4+,5-/m1/s1. The second kappa shape index (κ2) is 2.81. The molecule has 10 heavy (non-hydrogen) atoms. The largest absolute Gasteiger partial charge is 0.389 e. The van der Waals surface area contributed by atoms with Crippen molar-refractivity contribution < 1.29 is 20.4 Å². The number of piperidine rings is 1. The molecule has 0 aliphatic carbocycles. The lowest BCUT2D eigenvalue weighted by Crippen LogP contribution is -2.59. The fourth-order valence-corrected chi connectivity index (χ4v) is 0.897. The third kappa shape index (κ3) is 1.28. The number of rotatable bonds is 0. The van der Waals surface area contributed by atoms with E-state index < -0.39 is 24.5 Å². The number of nitrogens with one attached hydrogen (secondary N) is 1. The summed E-state index contributed by atoms with van der Waals surface area (Å²) in [7, 11) is 0. The zero-order valence-electron chi connectivity index (χ0n) is 5.31. The van der Waals surface area contributed by atoms with Crippen LogP contribution >= 0.6 is 0 Å². The summed E-state index contributed by atoms with van der Waals surface area (Å²) in [5, 5.41) is 37.9. The van der Waals surface area contributed by atoms with E-state index in [2.05, 4.69) is 5.32 Å². The highest BCUT2D eigenvalue weighted by Gasteiger charge is 2.34. The minimum atomic E-state index is -1.30. The number of aliphatic hydroxyl groups excluding tert-OH is 4. The van der Waals surface area contributed by atoms with Crippen LogP contribution < -0.4 is 5.32 Å². The Hall–Kier alpha value is -0.200. The molecular formula is C5H11NO4. The minimum absolute atomic E-state index is 0.0966. The summed E-state index contributed by atoms with van der Waals surface area (Å²) in [4.78, 5) is 0. The summed E-state index contributed by atoms with van der Waals surface area (Å²) in [5.74, 6) is 0. The van der Waals surface area contributed by atoms with E-state index in [4.69, 9.17) is 20.4 Å². The second-order valence-corrected chi connectivity index (χ2v) is 2.40. The monoisotopic (exact) mass is 149 g/mol. The van der Waals surface area contributed by atoms with Crippen LogP contribution in [0.15, 0.2) is 0 Å². The molecule has 0 amide bonds. The zero-order chi connectivity index (χ0) is 7.72. The second-order valence-electron chi connectivity index (χ2n) is 2.40. The van der Waals surface area contributed by atoms with Crippen molar-refractivity contribution in [2.45, 2.75) is 24.5 Å². The highest BCUT2D eigenvalue weighted by atomic mass is 16.4. The lowest BCUT2D eigenvalue weighted by Gasteiger charge is -2.32. The van der Waals surface area contributed by atoms with Crippen molar-refractivity contribution >= 4 is 0 Å². The summed E-state index contributed by atoms with van der Waals surface area (Å²) in [6, 6.07) is 0. The van der Waals surface area contributed by atoms with Crippen LogP contribution in [0.2, 0.25) is 0 Å². The quantitative estimate of drug-likeness (QED) is 0.253. The van der Waals surface area contributed by atoms with Gasteiger partial charge in [-0.05, 0) is 0 Å². The molecule has 1 heterocycles. The van der Waals surface area contributed by atoms with Crippen LogP contribution in [-0.4, -0.2) is 51.5 Å². The summed E-state index contributed by atoms with van der Waals surface area (Å²) in [6.45, 7) is 0.0966. The van der Waals surface area contributed by atoms with Crippen LogP contribution in [0, 0.1) is 0 Å². The van der Waals surface area contributed by atoms with Crippen LogP contribution in [0.5, 0.6) is 0 Å². The average molecular weight is 149 g/mol. The number of β-amino-alcohol motifs (C(OH)–C–C–N with tert-alkyl or cyclic N) is 1. The summed E-state index contributed by atoms with van der Waals surface area (Å²) in [5.41, 5.74) is 0. The minimum Gasteiger partial charge on any atom is -0.389 e. The van der Waals surface area contributed by atoms with Crippen molar-refractivity contribution in [3.63, 3.8) is 0 Å². The van der Waals surface area contributed by atoms with Crippen LogP contribution in [0.3, 0.4) is 0 Å². The van der Waals surface area contributed by atoms with Crippen molar-refractivity contribution in [1.29, 1.82) is 0 Å². The molecule has 1 fully saturated rings. The molecule has 0 aromatic heterocycles. The summed E-state index contributed by atoms with van der Waals surface area (Å²) < 4.78 is 0. The molecule has 1 aliphatic rings. The lowest BCUT2D eigenvalue weighted by atomic mass is 10.0. The fourth-order valence-electron chi connectivity index (χ4n) is 0.897. The Morgan fingerprint density at radius 3 is 2.10 bits per heavy atom. The molecule has 0 aromatic rings. The van der Waals surface area contributed by atoms with Gasteiger partial charge < -0.3 is 20.4 Å². The molecule has 0 unspecified atom stereocenters. The van der Waals surface area contributed by atoms with Gasteiger partial charge in [0.15, 0.2) is 0 Å². The van der Waals surface area contributed by atoms with Gasteiger partial charge in [0.2, 0.25) is 0 Å². The van der Waals surface area contributed by atoms with E-state index in [1.807, 2.05) is 0 Å². The van der Waals surface area contributed by atoms with Gasteiger partial charge in [-0.1, -0.05) is 0 Å². The molecule has 5 nitrogen and oxygen atoms in total. The first-order valence-electron chi connectivity index (χ1n) is 3.08. The molecule has 1 saturated heterocycles. The normalized spacial score (nSPS) is 49.2. The Bertz CT molecular complexity index is 106. The Balaban J connectivity index is 2.52. The van der Waals surface area contributed by atoms with E-state index in [1.54, 1.807) is 0 Å². The summed E-state index contributed by atoms with van der Waals surface area (Å²) in [6.07, 6.45) is -4.70. The molecule has 1 rings (SSSR count). The van der Waals surface area contributed by atoms with Crippen molar-refractivity contribution in [3.05, 3.63) is 0 Å². The van der Waals surface area contributed by atoms with E-state index >= 15 is 0 Å². The van der Waals surface area contributed by atoms with E-state index in [9.17, 15) is 0 Å². The third-order valence-electron chi connectivity index (χ3n) is 1.60. The third-order valence-corrected chi connectivity index (χ3v) is 1.60. The number of hydrogen-bond acceptors (Lipinski definition) is 5. The molecule has 5 heteroatoms. The van der Waals surface area contributed by atoms with E-state index in [-0.39, 0.29) is 6.54 Å². The Morgan fingerprint density at radius 2 is 1.60 bits per heavy atom. The number of hydrogen-bond donors (Lipinski definition) is 5. The highest BCUT2D eigenvalue weighted by Crippen LogP contribution is 2.07. The van der Waals surface area contributed by atoms with Gasteiger partial charge in [-0.25, -0.2) is 0 Å². The van der Waals surface area contributed by atoms with E-state index in [0.29, 0.717) is 0 Å². The predicted octanol–water partition coefficient (Wildman–Crippen LogP) is -3.01.